The van der Waals surface area contributed by atoms with Crippen molar-refractivity contribution in [2.75, 3.05) is 26.4 Å². The summed E-state index contributed by atoms with van der Waals surface area (Å²) in [5, 5.41) is 46.2. The Morgan fingerprint density at radius 3 is 0.556 bits per heavy atom. The Labute approximate surface area is 632 Å². The summed E-state index contributed by atoms with van der Waals surface area (Å²) in [6.45, 7) is 12.3. The second-order valence-corrected chi connectivity index (χ2v) is 25.6. The van der Waals surface area contributed by atoms with Crippen molar-refractivity contribution in [2.45, 2.75) is 125 Å². The second kappa shape index (κ2) is 42.1. The Bertz CT molecular complexity index is 4090. The van der Waals surface area contributed by atoms with Crippen LogP contribution in [0.25, 0.3) is 0 Å². The molecule has 0 saturated heterocycles. The van der Waals surface area contributed by atoms with Crippen LogP contribution in [0.1, 0.15) is 118 Å². The van der Waals surface area contributed by atoms with Crippen molar-refractivity contribution in [1.29, 1.82) is 0 Å². The number of azo groups is 4. The molecule has 554 valence electrons. The summed E-state index contributed by atoms with van der Waals surface area (Å²) in [4.78, 5) is 0. The van der Waals surface area contributed by atoms with E-state index in [1.165, 1.54) is 0 Å². The molecule has 0 heterocycles. The highest BCUT2D eigenvalue weighted by molar-refractivity contribution is 5.50. The number of nitrogens with zero attached hydrogens (tertiary/aromatic N) is 8. The topological polar surface area (TPSA) is 211 Å². The Morgan fingerprint density at radius 2 is 0.370 bits per heavy atom. The smallest absolute Gasteiger partial charge is 0.123 e. The lowest BCUT2D eigenvalue weighted by Gasteiger charge is -2.15. The molecular formula is C89H92N8O11. The monoisotopic (exact) mass is 1450 g/mol. The van der Waals surface area contributed by atoms with E-state index in [1.807, 2.05) is 231 Å². The van der Waals surface area contributed by atoms with Gasteiger partial charge in [0.25, 0.3) is 0 Å². The van der Waals surface area contributed by atoms with Crippen LogP contribution in [0.2, 0.25) is 0 Å². The van der Waals surface area contributed by atoms with E-state index in [4.69, 9.17) is 47.4 Å². The molecule has 0 aliphatic carbocycles. The van der Waals surface area contributed by atoms with E-state index in [9.17, 15) is 5.11 Å². The van der Waals surface area contributed by atoms with E-state index in [0.717, 1.165) is 130 Å². The van der Waals surface area contributed by atoms with Gasteiger partial charge >= 0.3 is 0 Å². The molecule has 11 aromatic carbocycles. The molecule has 0 radical (unpaired) electrons. The van der Waals surface area contributed by atoms with Crippen LogP contribution in [-0.2, 0) is 46.2 Å². The predicted octanol–water partition coefficient (Wildman–Crippen LogP) is 25.0. The molecule has 108 heavy (non-hydrogen) atoms. The van der Waals surface area contributed by atoms with Crippen LogP contribution in [0.5, 0.6) is 57.5 Å². The highest BCUT2D eigenvalue weighted by Crippen LogP contribution is 2.33. The lowest BCUT2D eigenvalue weighted by atomic mass is 10.2. The fourth-order valence-corrected chi connectivity index (χ4v) is 10.5. The summed E-state index contributed by atoms with van der Waals surface area (Å²) in [5.41, 5.74) is 11.6. The Balaban J connectivity index is 0.761. The average Bonchev–Trinajstić information content (AvgIpc) is 0.846. The summed E-state index contributed by atoms with van der Waals surface area (Å²) < 4.78 is 62.2. The molecule has 0 amide bonds. The van der Waals surface area contributed by atoms with Gasteiger partial charge in [0.1, 0.15) is 97.1 Å². The summed E-state index contributed by atoms with van der Waals surface area (Å²) in [7, 11) is 0. The van der Waals surface area contributed by atoms with Crippen molar-refractivity contribution in [2.24, 2.45) is 40.9 Å². The fraction of sp³-hybridized carbons (Fsp3) is 0.258. The fourth-order valence-electron chi connectivity index (χ4n) is 10.5. The van der Waals surface area contributed by atoms with Gasteiger partial charge in [-0.1, -0.05) is 102 Å². The minimum Gasteiger partial charge on any atom is -0.494 e. The van der Waals surface area contributed by atoms with Crippen LogP contribution in [0.15, 0.2) is 290 Å². The molecule has 19 nitrogen and oxygen atoms in total. The first kappa shape index (κ1) is 76.9. The minimum absolute atomic E-state index is 0.123. The van der Waals surface area contributed by atoms with E-state index in [2.05, 4.69) is 68.6 Å². The van der Waals surface area contributed by atoms with Gasteiger partial charge in [0.15, 0.2) is 0 Å². The zero-order valence-electron chi connectivity index (χ0n) is 61.7. The number of benzene rings is 11. The quantitative estimate of drug-likeness (QED) is 0.0280. The number of unbranched alkanes of at least 4 members (excludes halogenated alkanes) is 4. The molecule has 0 saturated carbocycles. The zero-order chi connectivity index (χ0) is 74.6. The highest BCUT2D eigenvalue weighted by Gasteiger charge is 2.13. The SMILES string of the molecule is CCCCOc1ccc(N=Nc2ccc(COc3cc(COc4cc(CO)cc(OCc5cc(OCc6ccc(N=Nc7ccc(OCCCC)cc7)cc6)cc(OCc6ccc(N=Nc7ccc(OCCCC)cc7)cc6)c5)c4)cc(OCc4ccc(N=Nc5ccc(OCCCC)cc5)cc4)c3)cc2)cc1. The van der Waals surface area contributed by atoms with Crippen molar-refractivity contribution in [3.8, 4) is 57.5 Å². The third kappa shape index (κ3) is 26.1. The molecule has 0 bridgehead atoms. The molecule has 1 N–H and O–H groups in total. The number of aliphatic hydroxyl groups is 1. The molecular weight excluding hydrogens is 1360 g/mol. The molecule has 0 atom stereocenters. The number of aliphatic hydroxyl groups excluding tert-OH is 1. The van der Waals surface area contributed by atoms with Crippen molar-refractivity contribution >= 4 is 45.5 Å². The maximum atomic E-state index is 10.6. The van der Waals surface area contributed by atoms with Gasteiger partial charge in [-0.2, -0.15) is 40.9 Å². The van der Waals surface area contributed by atoms with Gasteiger partial charge in [-0.25, -0.2) is 0 Å². The third-order valence-electron chi connectivity index (χ3n) is 16.7. The average molecular weight is 1450 g/mol. The van der Waals surface area contributed by atoms with Crippen molar-refractivity contribution in [3.05, 3.63) is 288 Å². The standard InChI is InChI=1S/C89H92N8O11/c1-5-9-45-99-80-37-29-76(30-38-80)94-90-72-21-13-65(14-22-72)59-103-86-51-70(52-87(56-86)104-60-66-15-23-73(24-16-66)91-95-77-31-39-81(40-32-77)100-46-10-6-2)63-107-84-49-69(58-98)50-85(55-84)108-64-71-53-88(105-61-67-17-25-74(26-18-67)92-96-78-33-41-82(42-34-78)101-47-11-7-3)57-89(54-71)106-62-68-19-27-75(28-20-68)93-97-79-35-43-83(44-36-79)102-48-12-8-4/h13-44,49-57,98H,5-12,45-48,58-64H2,1-4H3. The van der Waals surface area contributed by atoms with Crippen LogP contribution >= 0.6 is 0 Å². The van der Waals surface area contributed by atoms with E-state index in [0.29, 0.717) is 89.2 Å². The predicted molar refractivity (Wildman–Crippen MR) is 421 cm³/mol. The van der Waals surface area contributed by atoms with E-state index < -0.39 is 0 Å². The Kier molecular flexibility index (Phi) is 29.9. The molecule has 19 heteroatoms. The van der Waals surface area contributed by atoms with Crippen LogP contribution in [0.3, 0.4) is 0 Å². The molecule has 11 rings (SSSR count). The van der Waals surface area contributed by atoms with Crippen LogP contribution < -0.4 is 47.4 Å². The lowest BCUT2D eigenvalue weighted by molar-refractivity contribution is 0.267. The van der Waals surface area contributed by atoms with Crippen LogP contribution in [0, 0.1) is 0 Å². The highest BCUT2D eigenvalue weighted by atomic mass is 16.5. The second-order valence-electron chi connectivity index (χ2n) is 25.6. The molecule has 0 spiro atoms. The lowest BCUT2D eigenvalue weighted by Crippen LogP contribution is -2.03. The molecule has 0 fully saturated rings. The first-order valence-electron chi connectivity index (χ1n) is 36.9. The largest absolute Gasteiger partial charge is 0.494 e. The van der Waals surface area contributed by atoms with Crippen molar-refractivity contribution in [3.63, 3.8) is 0 Å². The summed E-state index contributed by atoms with van der Waals surface area (Å²) in [5.74, 6) is 6.48. The maximum Gasteiger partial charge on any atom is 0.123 e. The van der Waals surface area contributed by atoms with E-state index in [1.54, 1.807) is 18.2 Å². The van der Waals surface area contributed by atoms with Gasteiger partial charge in [-0.3, -0.25) is 0 Å². The summed E-state index contributed by atoms with van der Waals surface area (Å²) in [6.07, 6.45) is 8.30. The van der Waals surface area contributed by atoms with Crippen molar-refractivity contribution < 1.29 is 52.5 Å². The van der Waals surface area contributed by atoms with Gasteiger partial charge < -0.3 is 52.5 Å². The van der Waals surface area contributed by atoms with Gasteiger partial charge in [-0.15, -0.1) is 0 Å². The zero-order valence-corrected chi connectivity index (χ0v) is 61.7. The maximum absolute atomic E-state index is 10.6. The van der Waals surface area contributed by atoms with Gasteiger partial charge in [0.05, 0.1) is 78.5 Å². The number of ether oxygens (including phenoxy) is 10. The minimum atomic E-state index is -0.255. The summed E-state index contributed by atoms with van der Waals surface area (Å²) >= 11 is 0. The first-order valence-corrected chi connectivity index (χ1v) is 36.9. The van der Waals surface area contributed by atoms with E-state index in [-0.39, 0.29) is 46.2 Å². The number of hydrogen-bond donors (Lipinski definition) is 1. The normalized spacial score (nSPS) is 11.4. The Hall–Kier alpha value is -12.2. The van der Waals surface area contributed by atoms with Gasteiger partial charge in [0.2, 0.25) is 0 Å². The van der Waals surface area contributed by atoms with Crippen LogP contribution in [-0.4, -0.2) is 31.5 Å². The van der Waals surface area contributed by atoms with Gasteiger partial charge in [-0.05, 0) is 247 Å². The molecule has 0 aliphatic rings. The van der Waals surface area contributed by atoms with Crippen LogP contribution in [0.4, 0.5) is 45.5 Å². The first-order chi connectivity index (χ1) is 53.2. The molecule has 0 aromatic heterocycles. The van der Waals surface area contributed by atoms with Gasteiger partial charge in [0, 0.05) is 18.2 Å². The van der Waals surface area contributed by atoms with E-state index >= 15 is 0 Å². The molecule has 0 aliphatic heterocycles. The summed E-state index contributed by atoms with van der Waals surface area (Å²) in [6, 6.07) is 78.2. The Morgan fingerprint density at radius 1 is 0.194 bits per heavy atom. The number of rotatable bonds is 43. The number of hydrogen-bond acceptors (Lipinski definition) is 19. The molecule has 0 unspecified atom stereocenters. The van der Waals surface area contributed by atoms with Crippen molar-refractivity contribution in [1.82, 2.24) is 0 Å². The molecule has 11 aromatic rings. The third-order valence-corrected chi connectivity index (χ3v) is 16.7.